The maximum Gasteiger partial charge on any atom is 0.410 e. The number of carbonyl (C=O) groups is 2. The fraction of sp³-hybridized carbons (Fsp3) is 0.636. The van der Waals surface area contributed by atoms with Crippen molar-refractivity contribution in [3.05, 3.63) is 23.8 Å². The van der Waals surface area contributed by atoms with Gasteiger partial charge in [-0.05, 0) is 56.5 Å². The molecule has 9 heteroatoms. The summed E-state index contributed by atoms with van der Waals surface area (Å²) >= 11 is 0. The van der Waals surface area contributed by atoms with E-state index in [4.69, 9.17) is 18.9 Å². The second-order valence-electron chi connectivity index (χ2n) is 8.34. The molecule has 0 aromatic heterocycles. The average molecular weight is 434 g/mol. The van der Waals surface area contributed by atoms with Crippen molar-refractivity contribution in [1.82, 2.24) is 9.80 Å². The van der Waals surface area contributed by atoms with E-state index in [1.54, 1.807) is 23.1 Å². The van der Waals surface area contributed by atoms with Gasteiger partial charge in [-0.2, -0.15) is 0 Å². The molecule has 2 saturated heterocycles. The lowest BCUT2D eigenvalue weighted by Crippen LogP contribution is -2.44. The van der Waals surface area contributed by atoms with Gasteiger partial charge in [0.25, 0.3) is 0 Å². The number of likely N-dealkylation sites (tertiary alicyclic amines) is 1. The van der Waals surface area contributed by atoms with Crippen LogP contribution in [-0.4, -0.2) is 92.2 Å². The van der Waals surface area contributed by atoms with Gasteiger partial charge in [-0.3, -0.25) is 9.80 Å². The summed E-state index contributed by atoms with van der Waals surface area (Å²) in [6.07, 6.45) is 2.63. The second-order valence-corrected chi connectivity index (χ2v) is 8.34. The molecular weight excluding hydrogens is 404 g/mol. The normalized spacial score (nSPS) is 24.2. The molecule has 0 radical (unpaired) electrons. The van der Waals surface area contributed by atoms with Gasteiger partial charge in [-0.1, -0.05) is 0 Å². The van der Waals surface area contributed by atoms with Crippen molar-refractivity contribution in [2.45, 2.75) is 31.4 Å². The van der Waals surface area contributed by atoms with E-state index < -0.39 is 5.97 Å². The maximum atomic E-state index is 11.8. The van der Waals surface area contributed by atoms with Crippen LogP contribution >= 0.6 is 0 Å². The smallest absolute Gasteiger partial charge is 0.410 e. The molecular formula is C22H30N2O7. The molecule has 31 heavy (non-hydrogen) atoms. The number of esters is 1. The predicted octanol–water partition coefficient (Wildman–Crippen LogP) is 1.53. The van der Waals surface area contributed by atoms with Gasteiger partial charge >= 0.3 is 12.1 Å². The molecule has 1 aromatic rings. The van der Waals surface area contributed by atoms with Crippen LogP contribution in [0.5, 0.6) is 11.5 Å². The first-order valence-corrected chi connectivity index (χ1v) is 10.9. The summed E-state index contributed by atoms with van der Waals surface area (Å²) in [4.78, 5) is 27.6. The maximum absolute atomic E-state index is 11.8. The van der Waals surface area contributed by atoms with Crippen molar-refractivity contribution in [2.24, 2.45) is 5.92 Å². The lowest BCUT2D eigenvalue weighted by atomic mass is 9.93. The van der Waals surface area contributed by atoms with E-state index in [0.29, 0.717) is 36.1 Å². The third-order valence-corrected chi connectivity index (χ3v) is 6.32. The molecule has 0 aliphatic carbocycles. The molecule has 2 fully saturated rings. The summed E-state index contributed by atoms with van der Waals surface area (Å²) < 4.78 is 21.7. The van der Waals surface area contributed by atoms with Gasteiger partial charge in [-0.25, -0.2) is 9.59 Å². The van der Waals surface area contributed by atoms with Crippen LogP contribution < -0.4 is 9.47 Å². The van der Waals surface area contributed by atoms with Crippen LogP contribution in [0.1, 0.15) is 29.6 Å². The highest BCUT2D eigenvalue weighted by atomic mass is 16.6. The van der Waals surface area contributed by atoms with E-state index in [1.807, 2.05) is 0 Å². The number of ether oxygens (including phenoxy) is 4. The van der Waals surface area contributed by atoms with Gasteiger partial charge in [0.1, 0.15) is 19.3 Å². The highest BCUT2D eigenvalue weighted by Crippen LogP contribution is 2.33. The van der Waals surface area contributed by atoms with E-state index in [0.717, 1.165) is 38.9 Å². The fourth-order valence-electron chi connectivity index (χ4n) is 4.43. The number of piperidine rings is 1. The Morgan fingerprint density at radius 2 is 2.00 bits per heavy atom. The first-order valence-electron chi connectivity index (χ1n) is 10.9. The van der Waals surface area contributed by atoms with Crippen molar-refractivity contribution in [1.29, 1.82) is 0 Å². The number of hydrogen-bond donors (Lipinski definition) is 1. The topological polar surface area (TPSA) is 97.8 Å². The first-order chi connectivity index (χ1) is 15.1. The first kappa shape index (κ1) is 21.7. The largest absolute Gasteiger partial charge is 0.486 e. The molecule has 0 saturated carbocycles. The Labute approximate surface area is 181 Å². The Hall–Kier alpha value is -2.52. The summed E-state index contributed by atoms with van der Waals surface area (Å²) in [6, 6.07) is 4.87. The van der Waals surface area contributed by atoms with Gasteiger partial charge in [0.15, 0.2) is 11.5 Å². The van der Waals surface area contributed by atoms with Crippen LogP contribution in [0.3, 0.4) is 0 Å². The Balaban J connectivity index is 1.22. The summed E-state index contributed by atoms with van der Waals surface area (Å²) in [5.74, 6) is 1.37. The average Bonchev–Trinajstić information content (AvgIpc) is 3.17. The van der Waals surface area contributed by atoms with Crippen molar-refractivity contribution in [3.63, 3.8) is 0 Å². The summed E-state index contributed by atoms with van der Waals surface area (Å²) in [6.45, 7) is 4.03. The zero-order chi connectivity index (χ0) is 21.8. The van der Waals surface area contributed by atoms with Crippen LogP contribution in [-0.2, 0) is 9.47 Å². The second kappa shape index (κ2) is 9.74. The number of hydrogen-bond acceptors (Lipinski definition) is 8. The standard InChI is InChI=1S/C22H30N2O7/c1-28-21(26)16-2-3-19-20(10-16)31-18(14-29-19)11-23-7-4-15(5-8-23)6-9-24-17(12-25)13-30-22(24)27/h2-3,10,15,17-18,25H,4-9,11-14H2,1H3. The minimum Gasteiger partial charge on any atom is -0.486 e. The molecule has 1 aromatic carbocycles. The molecule has 2 unspecified atom stereocenters. The number of nitrogens with zero attached hydrogens (tertiary/aromatic N) is 2. The number of aliphatic hydroxyl groups excluding tert-OH is 1. The molecule has 0 bridgehead atoms. The SMILES string of the molecule is COC(=O)c1ccc2c(c1)OC(CN1CCC(CCN3C(=O)OCC3CO)CC1)CO2. The van der Waals surface area contributed by atoms with E-state index in [-0.39, 0.29) is 31.5 Å². The Kier molecular flexibility index (Phi) is 6.82. The lowest BCUT2D eigenvalue weighted by Gasteiger charge is -2.36. The number of rotatable bonds is 7. The Morgan fingerprint density at radius 3 is 2.74 bits per heavy atom. The van der Waals surface area contributed by atoms with Gasteiger partial charge < -0.3 is 24.1 Å². The van der Waals surface area contributed by atoms with E-state index >= 15 is 0 Å². The highest BCUT2D eigenvalue weighted by Gasteiger charge is 2.33. The minimum atomic E-state index is -0.400. The number of methoxy groups -OCH3 is 1. The Bertz CT molecular complexity index is 794. The van der Waals surface area contributed by atoms with Gasteiger partial charge in [0.2, 0.25) is 0 Å². The number of carbonyl (C=O) groups excluding carboxylic acids is 2. The van der Waals surface area contributed by atoms with Gasteiger partial charge in [0.05, 0.1) is 25.3 Å². The minimum absolute atomic E-state index is 0.0576. The number of benzene rings is 1. The molecule has 3 aliphatic heterocycles. The summed E-state index contributed by atoms with van der Waals surface area (Å²) in [7, 11) is 1.35. The third kappa shape index (κ3) is 5.04. The van der Waals surface area contributed by atoms with E-state index in [2.05, 4.69) is 4.90 Å². The zero-order valence-electron chi connectivity index (χ0n) is 17.8. The lowest BCUT2D eigenvalue weighted by molar-refractivity contribution is 0.0458. The molecule has 9 nitrogen and oxygen atoms in total. The number of amides is 1. The zero-order valence-corrected chi connectivity index (χ0v) is 17.8. The molecule has 3 heterocycles. The molecule has 2 atom stereocenters. The Morgan fingerprint density at radius 1 is 1.19 bits per heavy atom. The molecule has 1 amide bonds. The van der Waals surface area contributed by atoms with Crippen molar-refractivity contribution < 1.29 is 33.6 Å². The van der Waals surface area contributed by atoms with Crippen LogP contribution in [0, 0.1) is 5.92 Å². The van der Waals surface area contributed by atoms with E-state index in [9.17, 15) is 14.7 Å². The van der Waals surface area contributed by atoms with Gasteiger partial charge in [0, 0.05) is 13.1 Å². The number of aliphatic hydroxyl groups is 1. The quantitative estimate of drug-likeness (QED) is 0.646. The van der Waals surface area contributed by atoms with Gasteiger partial charge in [-0.15, -0.1) is 0 Å². The van der Waals surface area contributed by atoms with Crippen molar-refractivity contribution in [2.75, 3.05) is 53.1 Å². The molecule has 4 rings (SSSR count). The summed E-state index contributed by atoms with van der Waals surface area (Å²) in [5.41, 5.74) is 0.441. The highest BCUT2D eigenvalue weighted by molar-refractivity contribution is 5.90. The number of fused-ring (bicyclic) bond motifs is 1. The molecule has 1 N–H and O–H groups in total. The summed E-state index contributed by atoms with van der Waals surface area (Å²) in [5, 5.41) is 9.37. The monoisotopic (exact) mass is 434 g/mol. The molecule has 170 valence electrons. The fourth-order valence-corrected chi connectivity index (χ4v) is 4.43. The van der Waals surface area contributed by atoms with Crippen LogP contribution in [0.25, 0.3) is 0 Å². The van der Waals surface area contributed by atoms with Crippen LogP contribution in [0.2, 0.25) is 0 Å². The molecule has 3 aliphatic rings. The van der Waals surface area contributed by atoms with E-state index in [1.165, 1.54) is 7.11 Å². The third-order valence-electron chi connectivity index (χ3n) is 6.32. The van der Waals surface area contributed by atoms with Crippen molar-refractivity contribution in [3.8, 4) is 11.5 Å². The van der Waals surface area contributed by atoms with Crippen molar-refractivity contribution >= 4 is 12.1 Å². The molecule has 0 spiro atoms. The predicted molar refractivity (Wildman–Crippen MR) is 110 cm³/mol. The van der Waals surface area contributed by atoms with Crippen LogP contribution in [0.15, 0.2) is 18.2 Å². The number of cyclic esters (lactones) is 1. The van der Waals surface area contributed by atoms with Crippen LogP contribution in [0.4, 0.5) is 4.79 Å².